The van der Waals surface area contributed by atoms with Crippen LogP contribution in [0.4, 0.5) is 0 Å². The van der Waals surface area contributed by atoms with Crippen LogP contribution in [0.5, 0.6) is 23.0 Å². The summed E-state index contributed by atoms with van der Waals surface area (Å²) in [5.41, 5.74) is 1.32. The number of ether oxygens (including phenoxy) is 4. The Kier molecular flexibility index (Phi) is 7.55. The second-order valence-corrected chi connectivity index (χ2v) is 5.62. The fraction of sp³-hybridized carbons (Fsp3) is 0.286. The lowest BCUT2D eigenvalue weighted by Gasteiger charge is -2.15. The first-order valence-electron chi connectivity index (χ1n) is 8.54. The molecule has 0 unspecified atom stereocenters. The first kappa shape index (κ1) is 20.2. The number of carbonyl (C=O) groups excluding carboxylic acids is 1. The highest BCUT2D eigenvalue weighted by Gasteiger charge is 2.15. The van der Waals surface area contributed by atoms with Gasteiger partial charge >= 0.3 is 0 Å². The minimum atomic E-state index is -0.218. The summed E-state index contributed by atoms with van der Waals surface area (Å²) in [6.45, 7) is 4.41. The van der Waals surface area contributed by atoms with E-state index in [4.69, 9.17) is 18.9 Å². The van der Waals surface area contributed by atoms with Crippen LogP contribution in [0.1, 0.15) is 15.9 Å². The average Bonchev–Trinajstić information content (AvgIpc) is 2.70. The molecule has 6 heteroatoms. The Morgan fingerprint density at radius 2 is 1.74 bits per heavy atom. The number of hydrogen-bond donors (Lipinski definition) is 1. The van der Waals surface area contributed by atoms with Crippen molar-refractivity contribution in [1.82, 2.24) is 5.32 Å². The van der Waals surface area contributed by atoms with E-state index >= 15 is 0 Å². The molecule has 144 valence electrons. The second-order valence-electron chi connectivity index (χ2n) is 5.62. The first-order valence-corrected chi connectivity index (χ1v) is 8.54. The van der Waals surface area contributed by atoms with Gasteiger partial charge in [0.1, 0.15) is 6.61 Å². The van der Waals surface area contributed by atoms with Gasteiger partial charge in [0, 0.05) is 11.1 Å². The maximum atomic E-state index is 12.5. The molecule has 0 aromatic heterocycles. The zero-order valence-corrected chi connectivity index (χ0v) is 15.9. The molecule has 0 atom stereocenters. The maximum Gasteiger partial charge on any atom is 0.251 e. The number of benzene rings is 2. The molecule has 0 saturated carbocycles. The van der Waals surface area contributed by atoms with Gasteiger partial charge in [-0.2, -0.15) is 0 Å². The van der Waals surface area contributed by atoms with Gasteiger partial charge in [0.25, 0.3) is 5.91 Å². The third-order valence-corrected chi connectivity index (χ3v) is 3.90. The van der Waals surface area contributed by atoms with Gasteiger partial charge in [-0.1, -0.05) is 18.2 Å². The SMILES string of the molecule is C=CCc1cc(C(=O)NCCOc2ccccc2OC)cc(OC)c1OC. The van der Waals surface area contributed by atoms with Gasteiger partial charge in [-0.15, -0.1) is 6.58 Å². The molecule has 0 fully saturated rings. The largest absolute Gasteiger partial charge is 0.493 e. The van der Waals surface area contributed by atoms with Crippen molar-refractivity contribution >= 4 is 5.91 Å². The van der Waals surface area contributed by atoms with E-state index in [1.165, 1.54) is 7.11 Å². The molecule has 1 N–H and O–H groups in total. The molecule has 0 heterocycles. The predicted molar refractivity (Wildman–Crippen MR) is 104 cm³/mol. The van der Waals surface area contributed by atoms with Gasteiger partial charge in [0.2, 0.25) is 0 Å². The summed E-state index contributed by atoms with van der Waals surface area (Å²) >= 11 is 0. The Bertz CT molecular complexity index is 788. The van der Waals surface area contributed by atoms with Crippen LogP contribution in [0.3, 0.4) is 0 Å². The highest BCUT2D eigenvalue weighted by molar-refractivity contribution is 5.95. The summed E-state index contributed by atoms with van der Waals surface area (Å²) in [5.74, 6) is 2.18. The highest BCUT2D eigenvalue weighted by atomic mass is 16.5. The topological polar surface area (TPSA) is 66.0 Å². The lowest BCUT2D eigenvalue weighted by atomic mass is 10.0. The van der Waals surface area contributed by atoms with Crippen molar-refractivity contribution in [1.29, 1.82) is 0 Å². The fourth-order valence-electron chi connectivity index (χ4n) is 2.65. The predicted octanol–water partition coefficient (Wildman–Crippen LogP) is 3.25. The minimum absolute atomic E-state index is 0.218. The molecule has 6 nitrogen and oxygen atoms in total. The normalized spacial score (nSPS) is 10.0. The third-order valence-electron chi connectivity index (χ3n) is 3.90. The number of amides is 1. The number of para-hydroxylation sites is 2. The van der Waals surface area contributed by atoms with Crippen LogP contribution >= 0.6 is 0 Å². The van der Waals surface area contributed by atoms with E-state index in [0.717, 1.165) is 5.56 Å². The molecular formula is C21H25NO5. The Labute approximate surface area is 159 Å². The molecule has 0 aliphatic heterocycles. The van der Waals surface area contributed by atoms with Crippen molar-refractivity contribution in [3.8, 4) is 23.0 Å². The summed E-state index contributed by atoms with van der Waals surface area (Å²) in [4.78, 5) is 12.5. The Morgan fingerprint density at radius 1 is 1.04 bits per heavy atom. The van der Waals surface area contributed by atoms with E-state index in [-0.39, 0.29) is 5.91 Å². The van der Waals surface area contributed by atoms with Crippen LogP contribution in [0.2, 0.25) is 0 Å². The number of nitrogens with one attached hydrogen (secondary N) is 1. The lowest BCUT2D eigenvalue weighted by Crippen LogP contribution is -2.28. The van der Waals surface area contributed by atoms with Crippen LogP contribution in [0.25, 0.3) is 0 Å². The lowest BCUT2D eigenvalue weighted by molar-refractivity contribution is 0.0946. The fourth-order valence-corrected chi connectivity index (χ4v) is 2.65. The molecule has 0 spiro atoms. The first-order chi connectivity index (χ1) is 13.1. The quantitative estimate of drug-likeness (QED) is 0.513. The van der Waals surface area contributed by atoms with Crippen LogP contribution in [-0.4, -0.2) is 40.4 Å². The van der Waals surface area contributed by atoms with E-state index < -0.39 is 0 Å². The Balaban J connectivity index is 2.01. The van der Waals surface area contributed by atoms with E-state index in [0.29, 0.717) is 48.1 Å². The van der Waals surface area contributed by atoms with E-state index in [9.17, 15) is 4.79 Å². The van der Waals surface area contributed by atoms with Gasteiger partial charge in [-0.3, -0.25) is 4.79 Å². The van der Waals surface area contributed by atoms with Crippen molar-refractivity contribution in [2.45, 2.75) is 6.42 Å². The van der Waals surface area contributed by atoms with Crippen LogP contribution in [-0.2, 0) is 6.42 Å². The molecule has 2 rings (SSSR count). The molecule has 1 amide bonds. The summed E-state index contributed by atoms with van der Waals surface area (Å²) < 4.78 is 21.6. The Hall–Kier alpha value is -3.15. The Morgan fingerprint density at radius 3 is 2.37 bits per heavy atom. The van der Waals surface area contributed by atoms with Crippen molar-refractivity contribution in [2.75, 3.05) is 34.5 Å². The molecule has 0 aliphatic rings. The zero-order valence-electron chi connectivity index (χ0n) is 15.9. The molecule has 0 bridgehead atoms. The number of rotatable bonds is 10. The molecular weight excluding hydrogens is 346 g/mol. The summed E-state index contributed by atoms with van der Waals surface area (Å²) in [5, 5.41) is 2.84. The van der Waals surface area contributed by atoms with Gasteiger partial charge in [0.05, 0.1) is 27.9 Å². The number of hydrogen-bond acceptors (Lipinski definition) is 5. The monoisotopic (exact) mass is 371 g/mol. The van der Waals surface area contributed by atoms with E-state index in [2.05, 4.69) is 11.9 Å². The van der Waals surface area contributed by atoms with Crippen molar-refractivity contribution < 1.29 is 23.7 Å². The highest BCUT2D eigenvalue weighted by Crippen LogP contribution is 2.33. The van der Waals surface area contributed by atoms with Crippen molar-refractivity contribution in [3.63, 3.8) is 0 Å². The summed E-state index contributed by atoms with van der Waals surface area (Å²) in [7, 11) is 4.69. The van der Waals surface area contributed by atoms with E-state index in [1.54, 1.807) is 32.4 Å². The smallest absolute Gasteiger partial charge is 0.251 e. The molecule has 2 aromatic rings. The standard InChI is InChI=1S/C21H25NO5/c1-5-8-15-13-16(14-19(25-3)20(15)26-4)21(23)22-11-12-27-18-10-7-6-9-17(18)24-2/h5-7,9-10,13-14H,1,8,11-12H2,2-4H3,(H,22,23). The maximum absolute atomic E-state index is 12.5. The third kappa shape index (κ3) is 5.17. The van der Waals surface area contributed by atoms with Gasteiger partial charge < -0.3 is 24.3 Å². The van der Waals surface area contributed by atoms with Crippen LogP contribution in [0, 0.1) is 0 Å². The second kappa shape index (κ2) is 10.1. The zero-order chi connectivity index (χ0) is 19.6. The molecule has 2 aromatic carbocycles. The number of allylic oxidation sites excluding steroid dienone is 1. The van der Waals surface area contributed by atoms with Crippen molar-refractivity contribution in [3.05, 3.63) is 60.2 Å². The molecule has 27 heavy (non-hydrogen) atoms. The number of methoxy groups -OCH3 is 3. The minimum Gasteiger partial charge on any atom is -0.493 e. The van der Waals surface area contributed by atoms with Gasteiger partial charge in [0.15, 0.2) is 23.0 Å². The number of carbonyl (C=O) groups is 1. The van der Waals surface area contributed by atoms with Gasteiger partial charge in [-0.25, -0.2) is 0 Å². The average molecular weight is 371 g/mol. The van der Waals surface area contributed by atoms with E-state index in [1.807, 2.05) is 24.3 Å². The van der Waals surface area contributed by atoms with Gasteiger partial charge in [-0.05, 0) is 30.7 Å². The van der Waals surface area contributed by atoms with Crippen LogP contribution < -0.4 is 24.3 Å². The van der Waals surface area contributed by atoms with Crippen LogP contribution in [0.15, 0.2) is 49.1 Å². The summed E-state index contributed by atoms with van der Waals surface area (Å²) in [6.07, 6.45) is 2.32. The summed E-state index contributed by atoms with van der Waals surface area (Å²) in [6, 6.07) is 10.8. The molecule has 0 radical (unpaired) electrons. The van der Waals surface area contributed by atoms with Crippen molar-refractivity contribution in [2.24, 2.45) is 0 Å². The molecule has 0 saturated heterocycles. The molecule has 0 aliphatic carbocycles.